The Labute approximate surface area is 123 Å². The van der Waals surface area contributed by atoms with Gasteiger partial charge >= 0.3 is 0 Å². The quantitative estimate of drug-likeness (QED) is 0.735. The summed E-state index contributed by atoms with van der Waals surface area (Å²) in [6.45, 7) is 1.91. The normalized spacial score (nSPS) is 10.4. The second-order valence-electron chi connectivity index (χ2n) is 4.65. The van der Waals surface area contributed by atoms with Crippen molar-refractivity contribution in [2.75, 3.05) is 7.11 Å². The lowest BCUT2D eigenvalue weighted by Crippen LogP contribution is -1.98. The Morgan fingerprint density at radius 2 is 1.57 bits per heavy atom. The van der Waals surface area contributed by atoms with Crippen molar-refractivity contribution in [1.82, 2.24) is 15.0 Å². The summed E-state index contributed by atoms with van der Waals surface area (Å²) >= 11 is 0. The molecule has 0 unspecified atom stereocenters. The van der Waals surface area contributed by atoms with Crippen molar-refractivity contribution in [3.8, 4) is 28.7 Å². The van der Waals surface area contributed by atoms with E-state index in [1.54, 1.807) is 13.2 Å². The Morgan fingerprint density at radius 1 is 0.810 bits per heavy atom. The lowest BCUT2D eigenvalue weighted by Gasteiger charge is -2.06. The van der Waals surface area contributed by atoms with Gasteiger partial charge in [-0.15, -0.1) is 0 Å². The van der Waals surface area contributed by atoms with E-state index in [1.807, 2.05) is 55.5 Å². The second kappa shape index (κ2) is 5.71. The summed E-state index contributed by atoms with van der Waals surface area (Å²) in [6.07, 6.45) is 0. The van der Waals surface area contributed by atoms with E-state index >= 15 is 0 Å². The van der Waals surface area contributed by atoms with Gasteiger partial charge in [-0.1, -0.05) is 36.4 Å². The zero-order valence-electron chi connectivity index (χ0n) is 11.9. The summed E-state index contributed by atoms with van der Waals surface area (Å²) in [7, 11) is 1.60. The van der Waals surface area contributed by atoms with Crippen molar-refractivity contribution in [3.05, 3.63) is 60.3 Å². The van der Waals surface area contributed by atoms with Crippen LogP contribution in [0.5, 0.6) is 5.88 Å². The van der Waals surface area contributed by atoms with Gasteiger partial charge in [-0.3, -0.25) is 0 Å². The lowest BCUT2D eigenvalue weighted by molar-refractivity contribution is 0.397. The van der Waals surface area contributed by atoms with Gasteiger partial charge in [-0.25, -0.2) is 9.97 Å². The van der Waals surface area contributed by atoms with Gasteiger partial charge in [0.25, 0.3) is 0 Å². The molecule has 0 aliphatic rings. The Kier molecular flexibility index (Phi) is 3.60. The molecule has 0 fully saturated rings. The number of rotatable bonds is 3. The van der Waals surface area contributed by atoms with E-state index in [0.717, 1.165) is 22.6 Å². The van der Waals surface area contributed by atoms with E-state index in [2.05, 4.69) is 15.0 Å². The van der Waals surface area contributed by atoms with Crippen LogP contribution in [0.25, 0.3) is 22.8 Å². The Balaban J connectivity index is 2.06. The number of benzene rings is 1. The first-order valence-corrected chi connectivity index (χ1v) is 6.69. The molecule has 104 valence electrons. The summed E-state index contributed by atoms with van der Waals surface area (Å²) in [4.78, 5) is 13.4. The van der Waals surface area contributed by atoms with Crippen LogP contribution in [0, 0.1) is 6.92 Å². The minimum absolute atomic E-state index is 0.546. The highest BCUT2D eigenvalue weighted by molar-refractivity contribution is 5.63. The van der Waals surface area contributed by atoms with Crippen LogP contribution in [0.3, 0.4) is 0 Å². The SMILES string of the molecule is COc1cc(C)nc(-c2cccc(-c3ccccc3)n2)n1. The van der Waals surface area contributed by atoms with Crippen LogP contribution >= 0.6 is 0 Å². The highest BCUT2D eigenvalue weighted by Gasteiger charge is 2.08. The molecular weight excluding hydrogens is 262 g/mol. The fourth-order valence-corrected chi connectivity index (χ4v) is 2.09. The smallest absolute Gasteiger partial charge is 0.216 e. The third-order valence-electron chi connectivity index (χ3n) is 3.09. The fraction of sp³-hybridized carbons (Fsp3) is 0.118. The molecule has 4 heteroatoms. The standard InChI is InChI=1S/C17H15N3O/c1-12-11-16(21-2)20-17(18-12)15-10-6-9-14(19-15)13-7-4-3-5-8-13/h3-11H,1-2H3. The maximum absolute atomic E-state index is 5.19. The maximum atomic E-state index is 5.19. The average molecular weight is 277 g/mol. The van der Waals surface area contributed by atoms with Crippen LogP contribution in [0.1, 0.15) is 5.69 Å². The van der Waals surface area contributed by atoms with Crippen LogP contribution in [0.2, 0.25) is 0 Å². The molecule has 0 aliphatic carbocycles. The number of aryl methyl sites for hydroxylation is 1. The highest BCUT2D eigenvalue weighted by atomic mass is 16.5. The van der Waals surface area contributed by atoms with Gasteiger partial charge in [0.1, 0.15) is 5.69 Å². The summed E-state index contributed by atoms with van der Waals surface area (Å²) in [6, 6.07) is 17.7. The van der Waals surface area contributed by atoms with Crippen molar-refractivity contribution in [2.24, 2.45) is 0 Å². The van der Waals surface area contributed by atoms with E-state index in [-0.39, 0.29) is 0 Å². The Hall–Kier alpha value is -2.75. The fourth-order valence-electron chi connectivity index (χ4n) is 2.09. The van der Waals surface area contributed by atoms with Crippen molar-refractivity contribution in [1.29, 1.82) is 0 Å². The van der Waals surface area contributed by atoms with Crippen molar-refractivity contribution >= 4 is 0 Å². The molecule has 0 radical (unpaired) electrons. The molecule has 3 aromatic rings. The third kappa shape index (κ3) is 2.89. The topological polar surface area (TPSA) is 47.9 Å². The van der Waals surface area contributed by atoms with E-state index in [0.29, 0.717) is 11.7 Å². The van der Waals surface area contributed by atoms with Crippen LogP contribution in [0.4, 0.5) is 0 Å². The Bertz CT molecular complexity index is 757. The van der Waals surface area contributed by atoms with Gasteiger partial charge in [0, 0.05) is 17.3 Å². The second-order valence-corrected chi connectivity index (χ2v) is 4.65. The largest absolute Gasteiger partial charge is 0.481 e. The molecule has 2 heterocycles. The predicted octanol–water partition coefficient (Wildman–Crippen LogP) is 3.52. The van der Waals surface area contributed by atoms with E-state index in [9.17, 15) is 0 Å². The van der Waals surface area contributed by atoms with Gasteiger partial charge in [-0.2, -0.15) is 4.98 Å². The molecule has 0 saturated carbocycles. The van der Waals surface area contributed by atoms with Crippen LogP contribution < -0.4 is 4.74 Å². The number of hydrogen-bond acceptors (Lipinski definition) is 4. The molecule has 21 heavy (non-hydrogen) atoms. The van der Waals surface area contributed by atoms with Gasteiger partial charge in [0.2, 0.25) is 5.88 Å². The van der Waals surface area contributed by atoms with Crippen molar-refractivity contribution < 1.29 is 4.74 Å². The monoisotopic (exact) mass is 277 g/mol. The first-order valence-electron chi connectivity index (χ1n) is 6.69. The first-order chi connectivity index (χ1) is 10.3. The molecule has 0 N–H and O–H groups in total. The molecular formula is C17H15N3O. The number of aromatic nitrogens is 3. The minimum atomic E-state index is 0.546. The first kappa shape index (κ1) is 13.2. The van der Waals surface area contributed by atoms with E-state index < -0.39 is 0 Å². The Morgan fingerprint density at radius 3 is 2.33 bits per heavy atom. The van der Waals surface area contributed by atoms with Crippen LogP contribution in [-0.4, -0.2) is 22.1 Å². The van der Waals surface area contributed by atoms with Gasteiger partial charge in [0.05, 0.1) is 12.8 Å². The van der Waals surface area contributed by atoms with E-state index in [4.69, 9.17) is 4.74 Å². The number of nitrogens with zero attached hydrogens (tertiary/aromatic N) is 3. The number of pyridine rings is 1. The van der Waals surface area contributed by atoms with Crippen molar-refractivity contribution in [2.45, 2.75) is 6.92 Å². The molecule has 1 aromatic carbocycles. The molecule has 2 aromatic heterocycles. The summed E-state index contributed by atoms with van der Waals surface area (Å²) in [5, 5.41) is 0. The highest BCUT2D eigenvalue weighted by Crippen LogP contribution is 2.21. The minimum Gasteiger partial charge on any atom is -0.481 e. The molecule has 3 rings (SSSR count). The molecule has 0 spiro atoms. The average Bonchev–Trinajstić information content (AvgIpc) is 2.55. The van der Waals surface area contributed by atoms with Crippen LogP contribution in [0.15, 0.2) is 54.6 Å². The number of methoxy groups -OCH3 is 1. The predicted molar refractivity (Wildman–Crippen MR) is 82.0 cm³/mol. The van der Waals surface area contributed by atoms with Gasteiger partial charge < -0.3 is 4.74 Å². The third-order valence-corrected chi connectivity index (χ3v) is 3.09. The molecule has 0 bridgehead atoms. The molecule has 0 saturated heterocycles. The molecule has 4 nitrogen and oxygen atoms in total. The zero-order valence-corrected chi connectivity index (χ0v) is 11.9. The van der Waals surface area contributed by atoms with Gasteiger partial charge in [-0.05, 0) is 19.1 Å². The van der Waals surface area contributed by atoms with Crippen LogP contribution in [-0.2, 0) is 0 Å². The zero-order chi connectivity index (χ0) is 14.7. The van der Waals surface area contributed by atoms with Crippen molar-refractivity contribution in [3.63, 3.8) is 0 Å². The number of hydrogen-bond donors (Lipinski definition) is 0. The molecule has 0 atom stereocenters. The van der Waals surface area contributed by atoms with E-state index in [1.165, 1.54) is 0 Å². The molecule has 0 aliphatic heterocycles. The summed E-state index contributed by atoms with van der Waals surface area (Å²) in [5.74, 6) is 1.12. The lowest BCUT2D eigenvalue weighted by atomic mass is 10.1. The number of ether oxygens (including phenoxy) is 1. The summed E-state index contributed by atoms with van der Waals surface area (Å²) in [5.41, 5.74) is 3.55. The summed E-state index contributed by atoms with van der Waals surface area (Å²) < 4.78 is 5.19. The maximum Gasteiger partial charge on any atom is 0.216 e. The van der Waals surface area contributed by atoms with Gasteiger partial charge in [0.15, 0.2) is 5.82 Å². The molecule has 0 amide bonds.